The third-order valence-corrected chi connectivity index (χ3v) is 7.34. The lowest BCUT2D eigenvalue weighted by Gasteiger charge is -2.43. The lowest BCUT2D eigenvalue weighted by molar-refractivity contribution is -0.196. The second-order valence-corrected chi connectivity index (χ2v) is 9.89. The summed E-state index contributed by atoms with van der Waals surface area (Å²) in [6.45, 7) is -1.38. The number of hydrogen-bond donors (Lipinski definition) is 3. The van der Waals surface area contributed by atoms with Crippen LogP contribution in [0.3, 0.4) is 0 Å². The third-order valence-electron chi connectivity index (χ3n) is 5.46. The predicted octanol–water partition coefficient (Wildman–Crippen LogP) is 3.55. The topological polar surface area (TPSA) is 127 Å². The van der Waals surface area contributed by atoms with E-state index in [1.807, 2.05) is 0 Å². The van der Waals surface area contributed by atoms with E-state index in [9.17, 15) is 33.3 Å². The number of ether oxygens (including phenoxy) is 2. The summed E-state index contributed by atoms with van der Waals surface area (Å²) >= 11 is 13.1. The smallest absolute Gasteiger partial charge is 0.329 e. The molecule has 0 spiro atoms. The van der Waals surface area contributed by atoms with Crippen molar-refractivity contribution in [3.05, 3.63) is 64.0 Å². The van der Waals surface area contributed by atoms with E-state index < -0.39 is 66.4 Å². The van der Waals surface area contributed by atoms with Gasteiger partial charge < -0.3 is 24.8 Å². The number of carboxylic acids is 1. The quantitative estimate of drug-likeness (QED) is 0.343. The maximum atomic E-state index is 13.7. The second kappa shape index (κ2) is 11.6. The SMILES string of the molecule is O=C(O)CO[C@@H]1[C@@H](n2cc(-c3cc(F)c(F)c(F)c3)nn2)[C@@H](O)[C@@H](CO)O[C@@H]1Sc1ccc(Cl)c(Cl)c1. The van der Waals surface area contributed by atoms with E-state index in [1.165, 1.54) is 6.20 Å². The number of carboxylic acid groups (broad SMARTS) is 1. The van der Waals surface area contributed by atoms with Crippen LogP contribution in [0.1, 0.15) is 6.04 Å². The highest BCUT2D eigenvalue weighted by atomic mass is 35.5. The molecule has 0 bridgehead atoms. The molecule has 15 heteroatoms. The van der Waals surface area contributed by atoms with Gasteiger partial charge in [-0.2, -0.15) is 0 Å². The van der Waals surface area contributed by atoms with Crippen LogP contribution in [0.2, 0.25) is 10.0 Å². The van der Waals surface area contributed by atoms with E-state index in [2.05, 4.69) is 10.3 Å². The molecular weight excluding hydrogens is 562 g/mol. The molecule has 0 aliphatic carbocycles. The molecule has 0 unspecified atom stereocenters. The van der Waals surface area contributed by atoms with Gasteiger partial charge in [-0.25, -0.2) is 22.6 Å². The number of aromatic nitrogens is 3. The summed E-state index contributed by atoms with van der Waals surface area (Å²) in [7, 11) is 0. The van der Waals surface area contributed by atoms with Gasteiger partial charge in [-0.15, -0.1) is 5.10 Å². The lowest BCUT2D eigenvalue weighted by atomic mass is 9.97. The molecule has 1 aromatic heterocycles. The first-order valence-corrected chi connectivity index (χ1v) is 12.2. The Labute approximate surface area is 221 Å². The van der Waals surface area contributed by atoms with E-state index in [0.717, 1.165) is 28.6 Å². The first-order chi connectivity index (χ1) is 17.6. The van der Waals surface area contributed by atoms with Crippen molar-refractivity contribution in [2.24, 2.45) is 0 Å². The molecule has 1 saturated heterocycles. The van der Waals surface area contributed by atoms with Crippen molar-refractivity contribution >= 4 is 40.9 Å². The molecule has 0 amide bonds. The molecule has 0 saturated carbocycles. The maximum absolute atomic E-state index is 13.7. The van der Waals surface area contributed by atoms with Gasteiger partial charge in [0.1, 0.15) is 42.1 Å². The number of aliphatic hydroxyl groups excluding tert-OH is 2. The Bertz CT molecular complexity index is 1280. The number of rotatable bonds is 8. The van der Waals surface area contributed by atoms with E-state index in [0.29, 0.717) is 9.92 Å². The van der Waals surface area contributed by atoms with Gasteiger partial charge >= 0.3 is 5.97 Å². The predicted molar refractivity (Wildman–Crippen MR) is 126 cm³/mol. The normalized spacial score (nSPS) is 23.8. The summed E-state index contributed by atoms with van der Waals surface area (Å²) in [5, 5.41) is 38.3. The molecule has 2 heterocycles. The zero-order valence-corrected chi connectivity index (χ0v) is 20.8. The second-order valence-electron chi connectivity index (χ2n) is 7.91. The summed E-state index contributed by atoms with van der Waals surface area (Å²) in [6.07, 6.45) is -2.57. The molecule has 0 radical (unpaired) electrons. The molecule has 3 N–H and O–H groups in total. The average Bonchev–Trinajstić information content (AvgIpc) is 3.34. The summed E-state index contributed by atoms with van der Waals surface area (Å²) in [5.41, 5.74) is -1.19. The highest BCUT2D eigenvalue weighted by Gasteiger charge is 2.48. The Morgan fingerprint density at radius 1 is 1.16 bits per heavy atom. The monoisotopic (exact) mass is 579 g/mol. The molecule has 37 heavy (non-hydrogen) atoms. The number of carbonyl (C=O) groups is 1. The molecular formula is C22H18Cl2F3N3O6S. The fraction of sp³-hybridized carbons (Fsp3) is 0.318. The van der Waals surface area contributed by atoms with E-state index >= 15 is 0 Å². The number of thioether (sulfide) groups is 1. The van der Waals surface area contributed by atoms with Gasteiger partial charge in [0.2, 0.25) is 0 Å². The zero-order chi connectivity index (χ0) is 26.9. The van der Waals surface area contributed by atoms with Gasteiger partial charge in [0.25, 0.3) is 0 Å². The minimum atomic E-state index is -1.65. The summed E-state index contributed by atoms with van der Waals surface area (Å²) < 4.78 is 53.4. The molecule has 1 fully saturated rings. The number of hydrogen-bond acceptors (Lipinski definition) is 8. The Morgan fingerprint density at radius 2 is 1.86 bits per heavy atom. The standard InChI is InChI=1S/C22H18Cl2F3N3O6S/c23-11-2-1-10(5-12(11)24)37-22-21(35-8-17(32)33)19(20(34)16(7-31)36-22)30-6-15(28-29-30)9-3-13(25)18(27)14(26)4-9/h1-6,16,19-22,31,34H,7-8H2,(H,32,33)/t16-,19+,20+,21-,22-/m1/s1. The van der Waals surface area contributed by atoms with Crippen molar-refractivity contribution in [1.82, 2.24) is 15.0 Å². The van der Waals surface area contributed by atoms with Crippen LogP contribution < -0.4 is 0 Å². The summed E-state index contributed by atoms with van der Waals surface area (Å²) in [6, 6.07) is 5.02. The Kier molecular flexibility index (Phi) is 8.63. The van der Waals surface area contributed by atoms with Crippen LogP contribution in [0, 0.1) is 17.5 Å². The number of aliphatic carboxylic acids is 1. The van der Waals surface area contributed by atoms with Crippen molar-refractivity contribution in [2.45, 2.75) is 34.7 Å². The van der Waals surface area contributed by atoms with Crippen LogP contribution in [-0.4, -0.2) is 73.2 Å². The largest absolute Gasteiger partial charge is 0.480 e. The van der Waals surface area contributed by atoms with Gasteiger partial charge in [0.05, 0.1) is 22.8 Å². The van der Waals surface area contributed by atoms with Crippen molar-refractivity contribution in [3.63, 3.8) is 0 Å². The molecule has 1 aliphatic heterocycles. The van der Waals surface area contributed by atoms with E-state index in [4.69, 9.17) is 32.7 Å². The Balaban J connectivity index is 1.72. The van der Waals surface area contributed by atoms with Crippen molar-refractivity contribution in [2.75, 3.05) is 13.2 Å². The summed E-state index contributed by atoms with van der Waals surface area (Å²) in [5.74, 6) is -5.81. The molecule has 4 rings (SSSR count). The van der Waals surface area contributed by atoms with Gasteiger partial charge in [0.15, 0.2) is 17.5 Å². The number of halogens is 5. The molecule has 1 aliphatic rings. The van der Waals surface area contributed by atoms with Gasteiger partial charge in [-0.3, -0.25) is 0 Å². The van der Waals surface area contributed by atoms with Crippen molar-refractivity contribution in [3.8, 4) is 11.3 Å². The fourth-order valence-electron chi connectivity index (χ4n) is 3.75. The molecule has 5 atom stereocenters. The lowest BCUT2D eigenvalue weighted by Crippen LogP contribution is -2.56. The molecule has 9 nitrogen and oxygen atoms in total. The van der Waals surface area contributed by atoms with E-state index in [1.54, 1.807) is 18.2 Å². The van der Waals surface area contributed by atoms with Crippen molar-refractivity contribution < 1.29 is 42.8 Å². The van der Waals surface area contributed by atoms with Crippen LogP contribution >= 0.6 is 35.0 Å². The molecule has 3 aromatic rings. The fourth-order valence-corrected chi connectivity index (χ4v) is 5.28. The first kappa shape index (κ1) is 27.6. The number of aliphatic hydroxyl groups is 2. The Morgan fingerprint density at radius 3 is 2.49 bits per heavy atom. The minimum Gasteiger partial charge on any atom is -0.480 e. The number of benzene rings is 2. The van der Waals surface area contributed by atoms with Crippen molar-refractivity contribution in [1.29, 1.82) is 0 Å². The van der Waals surface area contributed by atoms with Gasteiger partial charge in [0, 0.05) is 10.5 Å². The summed E-state index contributed by atoms with van der Waals surface area (Å²) in [4.78, 5) is 11.8. The van der Waals surface area contributed by atoms with Crippen LogP contribution in [0.5, 0.6) is 0 Å². The molecule has 198 valence electrons. The highest BCUT2D eigenvalue weighted by molar-refractivity contribution is 7.99. The number of nitrogens with zero attached hydrogens (tertiary/aromatic N) is 3. The van der Waals surface area contributed by atoms with Gasteiger partial charge in [-0.1, -0.05) is 40.2 Å². The minimum absolute atomic E-state index is 0.0669. The van der Waals surface area contributed by atoms with Crippen LogP contribution in [0.4, 0.5) is 13.2 Å². The third kappa shape index (κ3) is 6.03. The first-order valence-electron chi connectivity index (χ1n) is 10.5. The van der Waals surface area contributed by atoms with Crippen LogP contribution in [0.15, 0.2) is 41.4 Å². The van der Waals surface area contributed by atoms with Crippen LogP contribution in [0.25, 0.3) is 11.3 Å². The Hall–Kier alpha value is -2.39. The average molecular weight is 580 g/mol. The molecule has 2 aromatic carbocycles. The zero-order valence-electron chi connectivity index (χ0n) is 18.5. The van der Waals surface area contributed by atoms with Crippen LogP contribution in [-0.2, 0) is 14.3 Å². The highest BCUT2D eigenvalue weighted by Crippen LogP contribution is 2.41. The van der Waals surface area contributed by atoms with E-state index in [-0.39, 0.29) is 16.3 Å². The maximum Gasteiger partial charge on any atom is 0.329 e. The van der Waals surface area contributed by atoms with Gasteiger partial charge in [-0.05, 0) is 30.3 Å².